The third-order valence-electron chi connectivity index (χ3n) is 3.13. The summed E-state index contributed by atoms with van der Waals surface area (Å²) in [6, 6.07) is 10.3. The first-order chi connectivity index (χ1) is 8.31. The van der Waals surface area contributed by atoms with Crippen molar-refractivity contribution in [3.63, 3.8) is 0 Å². The summed E-state index contributed by atoms with van der Waals surface area (Å²) in [5.41, 5.74) is 6.76. The molecule has 17 heavy (non-hydrogen) atoms. The molecule has 4 nitrogen and oxygen atoms in total. The molecule has 3 N–H and O–H groups in total. The summed E-state index contributed by atoms with van der Waals surface area (Å²) in [6.45, 7) is 2.88. The van der Waals surface area contributed by atoms with Crippen LogP contribution >= 0.6 is 0 Å². The molecule has 1 fully saturated rings. The molecule has 1 heterocycles. The van der Waals surface area contributed by atoms with Crippen LogP contribution in [0.2, 0.25) is 0 Å². The Bertz CT molecular complexity index is 366. The summed E-state index contributed by atoms with van der Waals surface area (Å²) in [4.78, 5) is 13.5. The zero-order valence-corrected chi connectivity index (χ0v) is 9.93. The topological polar surface area (TPSA) is 58.4 Å². The number of nitrogens with two attached hydrogens (primary N) is 1. The van der Waals surface area contributed by atoms with Crippen LogP contribution < -0.4 is 11.1 Å². The van der Waals surface area contributed by atoms with Crippen LogP contribution in [0.4, 0.5) is 4.79 Å². The lowest BCUT2D eigenvalue weighted by Gasteiger charge is -2.33. The second-order valence-corrected chi connectivity index (χ2v) is 4.38. The largest absolute Gasteiger partial charge is 0.337 e. The maximum absolute atomic E-state index is 11.7. The summed E-state index contributed by atoms with van der Waals surface area (Å²) < 4.78 is 0. The van der Waals surface area contributed by atoms with E-state index in [4.69, 9.17) is 5.73 Å². The zero-order chi connectivity index (χ0) is 12.1. The van der Waals surface area contributed by atoms with Crippen molar-refractivity contribution >= 4 is 6.03 Å². The van der Waals surface area contributed by atoms with Gasteiger partial charge in [-0.1, -0.05) is 30.3 Å². The highest BCUT2D eigenvalue weighted by Crippen LogP contribution is 2.19. The molecule has 0 spiro atoms. The third-order valence-corrected chi connectivity index (χ3v) is 3.13. The first kappa shape index (κ1) is 11.9. The predicted molar refractivity (Wildman–Crippen MR) is 67.8 cm³/mol. The van der Waals surface area contributed by atoms with Gasteiger partial charge in [-0.3, -0.25) is 0 Å². The van der Waals surface area contributed by atoms with E-state index in [0.29, 0.717) is 12.5 Å². The molecule has 92 valence electrons. The van der Waals surface area contributed by atoms with Gasteiger partial charge < -0.3 is 16.0 Å². The van der Waals surface area contributed by atoms with Gasteiger partial charge in [0.25, 0.3) is 0 Å². The number of nitrogens with one attached hydrogen (secondary N) is 1. The summed E-state index contributed by atoms with van der Waals surface area (Å²) in [5, 5.41) is 2.94. The highest BCUT2D eigenvalue weighted by atomic mass is 16.2. The molecule has 4 heteroatoms. The Morgan fingerprint density at radius 2 is 2.12 bits per heavy atom. The van der Waals surface area contributed by atoms with E-state index >= 15 is 0 Å². The summed E-state index contributed by atoms with van der Waals surface area (Å²) in [6.07, 6.45) is 0.856. The molecule has 0 radical (unpaired) electrons. The van der Waals surface area contributed by atoms with Gasteiger partial charge in [0.05, 0.1) is 0 Å². The minimum absolute atomic E-state index is 0.0330. The van der Waals surface area contributed by atoms with E-state index in [9.17, 15) is 4.79 Å². The Labute approximate surface area is 102 Å². The van der Waals surface area contributed by atoms with Crippen LogP contribution in [0.15, 0.2) is 30.3 Å². The number of hydrogen-bond acceptors (Lipinski definition) is 2. The summed E-state index contributed by atoms with van der Waals surface area (Å²) in [7, 11) is 0. The second-order valence-electron chi connectivity index (χ2n) is 4.38. The van der Waals surface area contributed by atoms with Gasteiger partial charge >= 0.3 is 6.03 Å². The fourth-order valence-electron chi connectivity index (χ4n) is 2.16. The van der Waals surface area contributed by atoms with Crippen LogP contribution in [0.25, 0.3) is 0 Å². The van der Waals surface area contributed by atoms with Crippen molar-refractivity contribution in [2.75, 3.05) is 26.2 Å². The van der Waals surface area contributed by atoms with Crippen molar-refractivity contribution in [1.29, 1.82) is 0 Å². The Balaban J connectivity index is 2.00. The third kappa shape index (κ3) is 2.97. The lowest BCUT2D eigenvalue weighted by atomic mass is 9.97. The van der Waals surface area contributed by atoms with E-state index in [2.05, 4.69) is 17.4 Å². The number of rotatable bonds is 4. The molecular formula is C13H19N3O. The number of amides is 2. The van der Waals surface area contributed by atoms with Gasteiger partial charge in [0.1, 0.15) is 0 Å². The number of nitrogens with zero attached hydrogens (tertiary/aromatic N) is 1. The SMILES string of the molecule is NCCCN1CC(c2ccccc2)CNC1=O. The van der Waals surface area contributed by atoms with E-state index in [0.717, 1.165) is 26.1 Å². The Morgan fingerprint density at radius 1 is 1.35 bits per heavy atom. The van der Waals surface area contributed by atoms with Crippen molar-refractivity contribution in [2.45, 2.75) is 12.3 Å². The monoisotopic (exact) mass is 233 g/mol. The van der Waals surface area contributed by atoms with E-state index < -0.39 is 0 Å². The average molecular weight is 233 g/mol. The lowest BCUT2D eigenvalue weighted by molar-refractivity contribution is 0.179. The lowest BCUT2D eigenvalue weighted by Crippen LogP contribution is -2.50. The van der Waals surface area contributed by atoms with Crippen molar-refractivity contribution in [3.05, 3.63) is 35.9 Å². The quantitative estimate of drug-likeness (QED) is 0.819. The Hall–Kier alpha value is -1.55. The van der Waals surface area contributed by atoms with Gasteiger partial charge in [-0.05, 0) is 18.5 Å². The van der Waals surface area contributed by atoms with Gasteiger partial charge in [0.15, 0.2) is 0 Å². The minimum atomic E-state index is 0.0330. The predicted octanol–water partition coefficient (Wildman–Crippen LogP) is 1.14. The number of benzene rings is 1. The normalized spacial score (nSPS) is 20.2. The molecule has 1 saturated heterocycles. The van der Waals surface area contributed by atoms with Gasteiger partial charge in [-0.25, -0.2) is 4.79 Å². The molecule has 0 bridgehead atoms. The highest BCUT2D eigenvalue weighted by molar-refractivity contribution is 5.75. The molecule has 1 atom stereocenters. The molecule has 1 aromatic carbocycles. The maximum Gasteiger partial charge on any atom is 0.317 e. The van der Waals surface area contributed by atoms with Crippen LogP contribution in [0, 0.1) is 0 Å². The van der Waals surface area contributed by atoms with E-state index in [1.54, 1.807) is 0 Å². The van der Waals surface area contributed by atoms with Crippen LogP contribution in [0.1, 0.15) is 17.9 Å². The molecule has 0 aliphatic carbocycles. The number of carbonyl (C=O) groups excluding carboxylic acids is 1. The molecule has 2 rings (SSSR count). The molecule has 1 aliphatic rings. The molecule has 0 aromatic heterocycles. The zero-order valence-electron chi connectivity index (χ0n) is 9.93. The summed E-state index contributed by atoms with van der Waals surface area (Å²) in [5.74, 6) is 0.381. The fourth-order valence-corrected chi connectivity index (χ4v) is 2.16. The van der Waals surface area contributed by atoms with Gasteiger partial charge in [0.2, 0.25) is 0 Å². The van der Waals surface area contributed by atoms with Gasteiger partial charge in [0, 0.05) is 25.6 Å². The van der Waals surface area contributed by atoms with Crippen molar-refractivity contribution in [1.82, 2.24) is 10.2 Å². The average Bonchev–Trinajstić information content (AvgIpc) is 2.39. The number of carbonyl (C=O) groups is 1. The standard InChI is InChI=1S/C13H19N3O/c14-7-4-8-16-10-12(9-15-13(16)17)11-5-2-1-3-6-11/h1-3,5-6,12H,4,7-10,14H2,(H,15,17). The molecule has 1 aromatic rings. The first-order valence-electron chi connectivity index (χ1n) is 6.09. The fraction of sp³-hybridized carbons (Fsp3) is 0.462. The molecule has 1 unspecified atom stereocenters. The molecule has 0 saturated carbocycles. The maximum atomic E-state index is 11.7. The van der Waals surface area contributed by atoms with Crippen LogP contribution in [0.5, 0.6) is 0 Å². The van der Waals surface area contributed by atoms with Crippen molar-refractivity contribution in [2.24, 2.45) is 5.73 Å². The number of hydrogen-bond donors (Lipinski definition) is 2. The summed E-state index contributed by atoms with van der Waals surface area (Å²) >= 11 is 0. The smallest absolute Gasteiger partial charge is 0.317 e. The van der Waals surface area contributed by atoms with E-state index in [1.165, 1.54) is 5.56 Å². The van der Waals surface area contributed by atoms with Crippen LogP contribution in [-0.4, -0.2) is 37.1 Å². The van der Waals surface area contributed by atoms with Crippen LogP contribution in [0.3, 0.4) is 0 Å². The van der Waals surface area contributed by atoms with E-state index in [-0.39, 0.29) is 6.03 Å². The Morgan fingerprint density at radius 3 is 2.82 bits per heavy atom. The highest BCUT2D eigenvalue weighted by Gasteiger charge is 2.25. The second kappa shape index (κ2) is 5.68. The van der Waals surface area contributed by atoms with Gasteiger partial charge in [-0.2, -0.15) is 0 Å². The van der Waals surface area contributed by atoms with Crippen molar-refractivity contribution in [3.8, 4) is 0 Å². The molecule has 2 amide bonds. The minimum Gasteiger partial charge on any atom is -0.337 e. The number of urea groups is 1. The first-order valence-corrected chi connectivity index (χ1v) is 6.09. The molecule has 1 aliphatic heterocycles. The molecular weight excluding hydrogens is 214 g/mol. The van der Waals surface area contributed by atoms with Crippen molar-refractivity contribution < 1.29 is 4.79 Å². The van der Waals surface area contributed by atoms with Gasteiger partial charge in [-0.15, -0.1) is 0 Å². The van der Waals surface area contributed by atoms with Crippen LogP contribution in [-0.2, 0) is 0 Å². The van der Waals surface area contributed by atoms with E-state index in [1.807, 2.05) is 23.1 Å². The Kier molecular flexibility index (Phi) is 3.98.